The van der Waals surface area contributed by atoms with Gasteiger partial charge in [0.15, 0.2) is 5.04 Å². The fourth-order valence-corrected chi connectivity index (χ4v) is 2.63. The van der Waals surface area contributed by atoms with Gasteiger partial charge in [0, 0.05) is 0 Å². The number of hydrogen-bond donors (Lipinski definition) is 5. The van der Waals surface area contributed by atoms with Crippen molar-refractivity contribution in [2.75, 3.05) is 11.5 Å². The lowest BCUT2D eigenvalue weighted by atomic mass is 10.3. The molecular formula is C8H17N3O3S3. The van der Waals surface area contributed by atoms with Crippen LogP contribution in [-0.4, -0.2) is 43.2 Å². The molecule has 0 aliphatic carbocycles. The number of nitrogens with two attached hydrogens (primary N) is 2. The molecule has 0 bridgehead atoms. The van der Waals surface area contributed by atoms with E-state index in [1.807, 2.05) is 0 Å². The number of nitrogens with zero attached hydrogens (tertiary/aromatic N) is 1. The van der Waals surface area contributed by atoms with Gasteiger partial charge in [-0.15, -0.1) is 0 Å². The van der Waals surface area contributed by atoms with Crippen molar-refractivity contribution in [2.45, 2.75) is 24.9 Å². The molecule has 0 rings (SSSR count). The van der Waals surface area contributed by atoms with Crippen molar-refractivity contribution in [2.24, 2.45) is 16.6 Å². The van der Waals surface area contributed by atoms with Gasteiger partial charge in [-0.1, -0.05) is 5.16 Å². The minimum Gasteiger partial charge on any atom is -0.410 e. The maximum atomic E-state index is 11.8. The molecule has 6 nitrogen and oxygen atoms in total. The molecule has 100 valence electrons. The zero-order valence-corrected chi connectivity index (χ0v) is 11.8. The molecular weight excluding hydrogens is 282 g/mol. The fourth-order valence-electron chi connectivity index (χ4n) is 1.01. The molecule has 0 spiro atoms. The van der Waals surface area contributed by atoms with E-state index in [1.54, 1.807) is 0 Å². The van der Waals surface area contributed by atoms with Crippen LogP contribution in [0.1, 0.15) is 12.8 Å². The van der Waals surface area contributed by atoms with E-state index in [2.05, 4.69) is 30.4 Å². The molecule has 3 atom stereocenters. The summed E-state index contributed by atoms with van der Waals surface area (Å²) in [7, 11) is -2.12. The summed E-state index contributed by atoms with van der Waals surface area (Å²) >= 11 is 7.88. The molecule has 0 aliphatic rings. The Labute approximate surface area is 113 Å². The number of hydrogen-bond acceptors (Lipinski definition) is 8. The van der Waals surface area contributed by atoms with E-state index in [0.717, 1.165) is 0 Å². The molecule has 0 aromatic carbocycles. The normalized spacial score (nSPS) is 17.5. The number of thiol groups is 2. The SMILES string of the molecule is N[C@@H](CCS)C(=O)S(=O)C(=NO)[C@@H](N)CCS. The topological polar surface area (TPSA) is 119 Å². The molecule has 0 aromatic heterocycles. The van der Waals surface area contributed by atoms with Crippen molar-refractivity contribution in [3.63, 3.8) is 0 Å². The van der Waals surface area contributed by atoms with Crippen LogP contribution in [-0.2, 0) is 15.6 Å². The second kappa shape index (κ2) is 8.92. The molecule has 17 heavy (non-hydrogen) atoms. The lowest BCUT2D eigenvalue weighted by Gasteiger charge is -2.13. The van der Waals surface area contributed by atoms with E-state index in [0.29, 0.717) is 24.3 Å². The van der Waals surface area contributed by atoms with Gasteiger partial charge < -0.3 is 16.7 Å². The Bertz CT molecular complexity index is 312. The van der Waals surface area contributed by atoms with Gasteiger partial charge in [-0.25, -0.2) is 4.21 Å². The van der Waals surface area contributed by atoms with E-state index in [4.69, 9.17) is 16.7 Å². The van der Waals surface area contributed by atoms with Crippen LogP contribution < -0.4 is 11.5 Å². The monoisotopic (exact) mass is 299 g/mol. The van der Waals surface area contributed by atoms with E-state index < -0.39 is 28.0 Å². The minimum atomic E-state index is -2.12. The highest BCUT2D eigenvalue weighted by Gasteiger charge is 2.28. The summed E-state index contributed by atoms with van der Waals surface area (Å²) in [5, 5.41) is 10.6. The predicted octanol–water partition coefficient (Wildman–Crippen LogP) is -0.656. The van der Waals surface area contributed by atoms with Gasteiger partial charge in [-0.2, -0.15) is 25.3 Å². The summed E-state index contributed by atoms with van der Waals surface area (Å²) in [6, 6.07) is -1.67. The quantitative estimate of drug-likeness (QED) is 0.147. The Morgan fingerprint density at radius 3 is 2.12 bits per heavy atom. The summed E-state index contributed by atoms with van der Waals surface area (Å²) in [5.74, 6) is 0.826. The van der Waals surface area contributed by atoms with Crippen LogP contribution in [0.25, 0.3) is 0 Å². The van der Waals surface area contributed by atoms with Crippen molar-refractivity contribution in [3.05, 3.63) is 0 Å². The lowest BCUT2D eigenvalue weighted by Crippen LogP contribution is -2.42. The Morgan fingerprint density at radius 1 is 1.24 bits per heavy atom. The molecule has 0 aromatic rings. The van der Waals surface area contributed by atoms with Gasteiger partial charge in [-0.3, -0.25) is 4.79 Å². The third kappa shape index (κ3) is 5.38. The molecule has 0 radical (unpaired) electrons. The standard InChI is InChI=1S/C8H17N3O3S3/c9-5(1-3-15)7(11-13)17(14)8(12)6(10)2-4-16/h5-6,13,15-16H,1-4,9-10H2/t5-,6-,17?/m0/s1. The average Bonchev–Trinajstić information content (AvgIpc) is 2.29. The summed E-state index contributed by atoms with van der Waals surface area (Å²) in [6.07, 6.45) is 0.650. The fraction of sp³-hybridized carbons (Fsp3) is 0.750. The lowest BCUT2D eigenvalue weighted by molar-refractivity contribution is -0.112. The highest BCUT2D eigenvalue weighted by atomic mass is 32.2. The Kier molecular flexibility index (Phi) is 8.88. The van der Waals surface area contributed by atoms with Crippen LogP contribution in [0, 0.1) is 0 Å². The first-order chi connectivity index (χ1) is 7.99. The highest BCUT2D eigenvalue weighted by Crippen LogP contribution is 2.04. The second-order valence-corrected chi connectivity index (χ2v) is 5.52. The molecule has 0 saturated carbocycles. The highest BCUT2D eigenvalue weighted by molar-refractivity contribution is 8.14. The van der Waals surface area contributed by atoms with Crippen molar-refractivity contribution in [1.29, 1.82) is 0 Å². The van der Waals surface area contributed by atoms with E-state index in [9.17, 15) is 9.00 Å². The van der Waals surface area contributed by atoms with E-state index in [-0.39, 0.29) is 5.04 Å². The number of carbonyl (C=O) groups is 1. The summed E-state index contributed by atoms with van der Waals surface area (Å²) in [6.45, 7) is 0. The first kappa shape index (κ1) is 16.9. The average molecular weight is 299 g/mol. The van der Waals surface area contributed by atoms with Crippen LogP contribution in [0.15, 0.2) is 5.16 Å². The summed E-state index contributed by atoms with van der Waals surface area (Å²) in [5.41, 5.74) is 11.1. The maximum Gasteiger partial charge on any atom is 0.241 e. The molecule has 0 amide bonds. The van der Waals surface area contributed by atoms with Crippen LogP contribution in [0.4, 0.5) is 0 Å². The third-order valence-corrected chi connectivity index (χ3v) is 3.92. The number of carbonyl (C=O) groups excluding carboxylic acids is 1. The Balaban J connectivity index is 4.71. The van der Waals surface area contributed by atoms with Gasteiger partial charge in [-0.05, 0) is 24.3 Å². The molecule has 0 heterocycles. The number of oxime groups is 1. The van der Waals surface area contributed by atoms with Crippen molar-refractivity contribution in [3.8, 4) is 0 Å². The van der Waals surface area contributed by atoms with E-state index >= 15 is 0 Å². The summed E-state index contributed by atoms with van der Waals surface area (Å²) < 4.78 is 11.8. The molecule has 0 saturated heterocycles. The van der Waals surface area contributed by atoms with Gasteiger partial charge >= 0.3 is 0 Å². The van der Waals surface area contributed by atoms with Crippen LogP contribution in [0.3, 0.4) is 0 Å². The van der Waals surface area contributed by atoms with Gasteiger partial charge in [0.1, 0.15) is 10.8 Å². The van der Waals surface area contributed by atoms with Crippen molar-refractivity contribution < 1.29 is 14.2 Å². The van der Waals surface area contributed by atoms with Gasteiger partial charge in [0.25, 0.3) is 0 Å². The summed E-state index contributed by atoms with van der Waals surface area (Å²) in [4.78, 5) is 11.6. The number of rotatable bonds is 6. The first-order valence-corrected chi connectivity index (χ1v) is 7.31. The Hall–Kier alpha value is -0.0900. The smallest absolute Gasteiger partial charge is 0.241 e. The van der Waals surface area contributed by atoms with Crippen LogP contribution in [0.2, 0.25) is 0 Å². The molecule has 0 aliphatic heterocycles. The molecule has 1 unspecified atom stereocenters. The van der Waals surface area contributed by atoms with Crippen molar-refractivity contribution >= 4 is 46.2 Å². The van der Waals surface area contributed by atoms with Crippen molar-refractivity contribution in [1.82, 2.24) is 0 Å². The van der Waals surface area contributed by atoms with Crippen LogP contribution >= 0.6 is 25.3 Å². The minimum absolute atomic E-state index is 0.265. The molecule has 9 heteroatoms. The molecule has 5 N–H and O–H groups in total. The van der Waals surface area contributed by atoms with Crippen LogP contribution in [0.5, 0.6) is 0 Å². The molecule has 0 fully saturated rings. The maximum absolute atomic E-state index is 11.8. The third-order valence-electron chi connectivity index (χ3n) is 1.97. The Morgan fingerprint density at radius 2 is 1.71 bits per heavy atom. The first-order valence-electron chi connectivity index (χ1n) is 4.90. The van der Waals surface area contributed by atoms with Gasteiger partial charge in [0.2, 0.25) is 5.12 Å². The zero-order valence-electron chi connectivity index (χ0n) is 9.15. The predicted molar refractivity (Wildman–Crippen MR) is 75.3 cm³/mol. The van der Waals surface area contributed by atoms with E-state index in [1.165, 1.54) is 0 Å². The zero-order chi connectivity index (χ0) is 13.4. The largest absolute Gasteiger partial charge is 0.410 e. The second-order valence-electron chi connectivity index (χ2n) is 3.26. The van der Waals surface area contributed by atoms with Gasteiger partial charge in [0.05, 0.1) is 12.1 Å².